The van der Waals surface area contributed by atoms with Gasteiger partial charge in [-0.1, -0.05) is 158 Å². The van der Waals surface area contributed by atoms with Crippen LogP contribution < -0.4 is 0 Å². The minimum Gasteiger partial charge on any atom is -0.309 e. The van der Waals surface area contributed by atoms with Gasteiger partial charge in [0.05, 0.1) is 33.1 Å². The van der Waals surface area contributed by atoms with Gasteiger partial charge in [0.2, 0.25) is 0 Å². The summed E-state index contributed by atoms with van der Waals surface area (Å²) in [5.41, 5.74) is 15.1. The number of fused-ring (bicyclic) bond motifs is 9. The van der Waals surface area contributed by atoms with Gasteiger partial charge in [0.1, 0.15) is 0 Å². The maximum absolute atomic E-state index is 5.24. The van der Waals surface area contributed by atoms with E-state index in [4.69, 9.17) is 15.0 Å². The molecule has 0 atom stereocenters. The van der Waals surface area contributed by atoms with E-state index in [1.54, 1.807) is 0 Å². The van der Waals surface area contributed by atoms with Crippen LogP contribution >= 0.6 is 0 Å². The number of aromatic nitrogens is 6. The third kappa shape index (κ3) is 6.30. The molecule has 10 aromatic carbocycles. The average molecular weight is 881 g/mol. The van der Waals surface area contributed by atoms with Crippen LogP contribution in [-0.2, 0) is 0 Å². The van der Waals surface area contributed by atoms with Crippen LogP contribution in [0.3, 0.4) is 0 Å². The summed E-state index contributed by atoms with van der Waals surface area (Å²) in [5.74, 6) is 1.84. The van der Waals surface area contributed by atoms with Gasteiger partial charge in [-0.05, 0) is 96.1 Å². The largest absolute Gasteiger partial charge is 0.309 e. The van der Waals surface area contributed by atoms with Crippen LogP contribution in [-0.4, -0.2) is 28.7 Å². The van der Waals surface area contributed by atoms with Gasteiger partial charge in [-0.25, -0.2) is 15.0 Å². The number of hydrogen-bond donors (Lipinski definition) is 0. The first-order chi connectivity index (χ1) is 34.2. The predicted molar refractivity (Wildman–Crippen MR) is 285 cm³/mol. The van der Waals surface area contributed by atoms with Crippen molar-refractivity contribution >= 4 is 65.4 Å². The van der Waals surface area contributed by atoms with Gasteiger partial charge in [-0.15, -0.1) is 0 Å². The topological polar surface area (TPSA) is 53.5 Å². The molecule has 0 bridgehead atoms. The third-order valence-electron chi connectivity index (χ3n) is 13.7. The van der Waals surface area contributed by atoms with E-state index in [1.165, 1.54) is 43.4 Å². The molecule has 0 aliphatic heterocycles. The van der Waals surface area contributed by atoms with Gasteiger partial charge in [0.15, 0.2) is 17.5 Å². The second-order valence-corrected chi connectivity index (χ2v) is 17.6. The van der Waals surface area contributed by atoms with Crippen LogP contribution in [0.2, 0.25) is 0 Å². The van der Waals surface area contributed by atoms with E-state index in [1.807, 2.05) is 18.2 Å². The van der Waals surface area contributed by atoms with E-state index in [0.717, 1.165) is 66.9 Å². The lowest BCUT2D eigenvalue weighted by Crippen LogP contribution is -2.01. The Balaban J connectivity index is 0.940. The molecular weight excluding hydrogens is 841 g/mol. The molecule has 6 nitrogen and oxygen atoms in total. The van der Waals surface area contributed by atoms with E-state index < -0.39 is 0 Å². The fourth-order valence-corrected chi connectivity index (χ4v) is 10.6. The zero-order valence-electron chi connectivity index (χ0n) is 37.3. The van der Waals surface area contributed by atoms with Gasteiger partial charge in [0.25, 0.3) is 0 Å². The van der Waals surface area contributed by atoms with Gasteiger partial charge < -0.3 is 13.7 Å². The average Bonchev–Trinajstić information content (AvgIpc) is 4.07. The van der Waals surface area contributed by atoms with Crippen molar-refractivity contribution in [3.63, 3.8) is 0 Å². The predicted octanol–water partition coefficient (Wildman–Crippen LogP) is 15.8. The molecule has 0 aliphatic rings. The Morgan fingerprint density at radius 1 is 0.203 bits per heavy atom. The molecule has 0 saturated heterocycles. The van der Waals surface area contributed by atoms with Crippen LogP contribution in [0.25, 0.3) is 128 Å². The van der Waals surface area contributed by atoms with Crippen molar-refractivity contribution in [2.75, 3.05) is 0 Å². The molecule has 0 saturated carbocycles. The zero-order chi connectivity index (χ0) is 45.4. The summed E-state index contributed by atoms with van der Waals surface area (Å²) >= 11 is 0. The Bertz CT molecular complexity index is 4020. The highest BCUT2D eigenvalue weighted by molar-refractivity contribution is 6.11. The minimum absolute atomic E-state index is 0.605. The Hall–Kier alpha value is -9.39. The Morgan fingerprint density at radius 3 is 0.942 bits per heavy atom. The minimum atomic E-state index is 0.605. The Morgan fingerprint density at radius 2 is 0.522 bits per heavy atom. The second kappa shape index (κ2) is 15.6. The van der Waals surface area contributed by atoms with Gasteiger partial charge in [-0.2, -0.15) is 0 Å². The smallest absolute Gasteiger partial charge is 0.164 e. The van der Waals surface area contributed by atoms with Crippen LogP contribution in [0.4, 0.5) is 0 Å². The standard InChI is InChI=1S/C63H40N6/c1-2-17-41(18-3-1)61-64-62(42-33-35-46(36-34-42)67-55-27-10-4-21-49(55)50-22-5-11-28-56(50)67)66-63(65-61)44-20-16-19-43(37-44)45-38-47(68-57-29-12-6-23-51(57)52-24-7-13-30-58(52)68)40-48(39-45)69-59-31-14-8-25-53(59)54-26-9-15-32-60(54)69/h1-40H. The van der Waals surface area contributed by atoms with E-state index in [9.17, 15) is 0 Å². The van der Waals surface area contributed by atoms with Gasteiger partial charge >= 0.3 is 0 Å². The molecule has 0 unspecified atom stereocenters. The molecular formula is C63H40N6. The second-order valence-electron chi connectivity index (χ2n) is 17.6. The lowest BCUT2D eigenvalue weighted by Gasteiger charge is -2.16. The normalized spacial score (nSPS) is 11.8. The van der Waals surface area contributed by atoms with Crippen LogP contribution in [0.1, 0.15) is 0 Å². The highest BCUT2D eigenvalue weighted by Gasteiger charge is 2.19. The van der Waals surface area contributed by atoms with Crippen molar-refractivity contribution in [2.45, 2.75) is 0 Å². The first-order valence-corrected chi connectivity index (χ1v) is 23.4. The summed E-state index contributed by atoms with van der Waals surface area (Å²) in [6.07, 6.45) is 0. The third-order valence-corrected chi connectivity index (χ3v) is 13.7. The van der Waals surface area contributed by atoms with Crippen LogP contribution in [0.15, 0.2) is 243 Å². The summed E-state index contributed by atoms with van der Waals surface area (Å²) < 4.78 is 7.15. The molecule has 0 fully saturated rings. The quantitative estimate of drug-likeness (QED) is 0.160. The summed E-state index contributed by atoms with van der Waals surface area (Å²) in [4.78, 5) is 15.5. The Kier molecular flexibility index (Phi) is 8.79. The molecule has 0 spiro atoms. The van der Waals surface area contributed by atoms with Crippen molar-refractivity contribution in [1.82, 2.24) is 28.7 Å². The van der Waals surface area contributed by atoms with Crippen LogP contribution in [0, 0.1) is 0 Å². The maximum Gasteiger partial charge on any atom is 0.164 e. The molecule has 14 aromatic rings. The summed E-state index contributed by atoms with van der Waals surface area (Å²) in [6, 6.07) is 86.4. The number of hydrogen-bond acceptors (Lipinski definition) is 3. The van der Waals surface area contributed by atoms with Crippen molar-refractivity contribution in [3.8, 4) is 62.4 Å². The lowest BCUT2D eigenvalue weighted by molar-refractivity contribution is 1.07. The molecule has 0 N–H and O–H groups in total. The van der Waals surface area contributed by atoms with Crippen molar-refractivity contribution < 1.29 is 0 Å². The monoisotopic (exact) mass is 880 g/mol. The molecule has 6 heteroatoms. The summed E-state index contributed by atoms with van der Waals surface area (Å²) in [5, 5.41) is 7.35. The van der Waals surface area contributed by atoms with E-state index in [-0.39, 0.29) is 0 Å². The highest BCUT2D eigenvalue weighted by Crippen LogP contribution is 2.39. The maximum atomic E-state index is 5.24. The zero-order valence-corrected chi connectivity index (χ0v) is 37.3. The SMILES string of the molecule is c1ccc(-c2nc(-c3ccc(-n4c5ccccc5c5ccccc54)cc3)nc(-c3cccc(-c4cc(-n5c6ccccc6c6ccccc65)cc(-n5c6ccccc6c6ccccc65)c4)c3)n2)cc1. The first-order valence-electron chi connectivity index (χ1n) is 23.4. The molecule has 4 aromatic heterocycles. The summed E-state index contributed by atoms with van der Waals surface area (Å²) in [6.45, 7) is 0. The Labute approximate surface area is 397 Å². The van der Waals surface area contributed by atoms with E-state index in [0.29, 0.717) is 17.5 Å². The number of benzene rings is 10. The lowest BCUT2D eigenvalue weighted by atomic mass is 10.0. The molecule has 0 radical (unpaired) electrons. The van der Waals surface area contributed by atoms with E-state index >= 15 is 0 Å². The first kappa shape index (κ1) is 38.8. The van der Waals surface area contributed by atoms with Gasteiger partial charge in [0, 0.05) is 66.1 Å². The van der Waals surface area contributed by atoms with Gasteiger partial charge in [-0.3, -0.25) is 0 Å². The number of nitrogens with zero attached hydrogens (tertiary/aromatic N) is 6. The van der Waals surface area contributed by atoms with Crippen molar-refractivity contribution in [2.24, 2.45) is 0 Å². The highest BCUT2D eigenvalue weighted by atomic mass is 15.0. The van der Waals surface area contributed by atoms with Crippen molar-refractivity contribution in [1.29, 1.82) is 0 Å². The molecule has 0 aliphatic carbocycles. The van der Waals surface area contributed by atoms with Crippen LogP contribution in [0.5, 0.6) is 0 Å². The molecule has 14 rings (SSSR count). The fraction of sp³-hybridized carbons (Fsp3) is 0. The number of para-hydroxylation sites is 6. The van der Waals surface area contributed by atoms with Crippen molar-refractivity contribution in [3.05, 3.63) is 243 Å². The molecule has 69 heavy (non-hydrogen) atoms. The van der Waals surface area contributed by atoms with E-state index in [2.05, 4.69) is 238 Å². The summed E-state index contributed by atoms with van der Waals surface area (Å²) in [7, 11) is 0. The molecule has 0 amide bonds. The molecule has 4 heterocycles. The molecule has 322 valence electrons. The number of rotatable bonds is 7. The fourth-order valence-electron chi connectivity index (χ4n) is 10.6.